The molecule has 0 aliphatic rings. The maximum absolute atomic E-state index is 5.56. The van der Waals surface area contributed by atoms with Gasteiger partial charge in [-0.15, -0.1) is 16.7 Å². The van der Waals surface area contributed by atoms with Crippen LogP contribution in [-0.2, 0) is 5.88 Å². The number of alkyl halides is 1. The van der Waals surface area contributed by atoms with Crippen molar-refractivity contribution in [1.82, 2.24) is 10.2 Å². The Morgan fingerprint density at radius 3 is 2.67 bits per heavy atom. The molecule has 0 bridgehead atoms. The van der Waals surface area contributed by atoms with Crippen LogP contribution in [0.1, 0.15) is 39.5 Å². The van der Waals surface area contributed by atoms with Crippen LogP contribution >= 0.6 is 11.6 Å². The third-order valence-electron chi connectivity index (χ3n) is 2.40. The van der Waals surface area contributed by atoms with Gasteiger partial charge in [-0.1, -0.05) is 25.4 Å². The maximum atomic E-state index is 5.56. The number of aromatic nitrogens is 2. The predicted octanol–water partition coefficient (Wildman–Crippen LogP) is 3.05. The fourth-order valence-electron chi connectivity index (χ4n) is 1.41. The Balaban J connectivity index is 2.40. The number of nitrogens with one attached hydrogen (secondary N) is 1. The molecule has 0 saturated carbocycles. The number of nitrogens with zero attached hydrogens (tertiary/aromatic N) is 2. The van der Waals surface area contributed by atoms with E-state index in [-0.39, 0.29) is 5.88 Å². The fourth-order valence-corrected chi connectivity index (χ4v) is 1.51. The second-order valence-electron chi connectivity index (χ2n) is 3.93. The first-order valence-electron chi connectivity index (χ1n) is 5.30. The Kier molecular flexibility index (Phi) is 4.88. The molecule has 0 aromatic carbocycles. The van der Waals surface area contributed by atoms with Gasteiger partial charge in [-0.05, 0) is 19.3 Å². The van der Waals surface area contributed by atoms with Gasteiger partial charge in [-0.25, -0.2) is 0 Å². The average Bonchev–Trinajstić information content (AvgIpc) is 2.65. The number of hydrogen-bond donors (Lipinski definition) is 1. The van der Waals surface area contributed by atoms with E-state index in [9.17, 15) is 0 Å². The molecule has 1 N–H and O–H groups in total. The van der Waals surface area contributed by atoms with Crippen LogP contribution in [0.3, 0.4) is 0 Å². The van der Waals surface area contributed by atoms with E-state index < -0.39 is 0 Å². The summed E-state index contributed by atoms with van der Waals surface area (Å²) in [5.41, 5.74) is 0. The molecule has 4 nitrogen and oxygen atoms in total. The minimum Gasteiger partial charge on any atom is -0.407 e. The Hall–Kier alpha value is -0.770. The SMILES string of the molecule is CCC(C)CC(C)Nc1nnc(CCl)o1. The second kappa shape index (κ2) is 5.95. The van der Waals surface area contributed by atoms with Crippen molar-refractivity contribution in [3.8, 4) is 0 Å². The summed E-state index contributed by atoms with van der Waals surface area (Å²) in [7, 11) is 0. The molecule has 0 aliphatic carbocycles. The minimum absolute atomic E-state index is 0.258. The van der Waals surface area contributed by atoms with Crippen molar-refractivity contribution in [2.24, 2.45) is 5.92 Å². The predicted molar refractivity (Wildman–Crippen MR) is 61.0 cm³/mol. The Labute approximate surface area is 95.4 Å². The molecule has 0 amide bonds. The Morgan fingerprint density at radius 1 is 1.40 bits per heavy atom. The lowest BCUT2D eigenvalue weighted by Crippen LogP contribution is -2.18. The zero-order valence-electron chi connectivity index (χ0n) is 9.46. The number of hydrogen-bond acceptors (Lipinski definition) is 4. The van der Waals surface area contributed by atoms with E-state index in [4.69, 9.17) is 16.0 Å². The van der Waals surface area contributed by atoms with Gasteiger partial charge in [0.2, 0.25) is 5.89 Å². The zero-order valence-corrected chi connectivity index (χ0v) is 10.2. The maximum Gasteiger partial charge on any atom is 0.315 e. The van der Waals surface area contributed by atoms with Gasteiger partial charge in [0.25, 0.3) is 0 Å². The van der Waals surface area contributed by atoms with Gasteiger partial charge in [0.05, 0.1) is 0 Å². The highest BCUT2D eigenvalue weighted by Crippen LogP contribution is 2.14. The number of rotatable bonds is 6. The summed E-state index contributed by atoms with van der Waals surface area (Å²) < 4.78 is 5.25. The first-order chi connectivity index (χ1) is 7.15. The number of anilines is 1. The summed E-state index contributed by atoms with van der Waals surface area (Å²) in [6.45, 7) is 6.53. The molecule has 1 aromatic heterocycles. The van der Waals surface area contributed by atoms with Crippen LogP contribution in [-0.4, -0.2) is 16.2 Å². The van der Waals surface area contributed by atoms with Gasteiger partial charge < -0.3 is 9.73 Å². The normalized spacial score (nSPS) is 14.9. The van der Waals surface area contributed by atoms with Crippen LogP contribution in [0.2, 0.25) is 0 Å². The van der Waals surface area contributed by atoms with Crippen LogP contribution in [0.15, 0.2) is 4.42 Å². The van der Waals surface area contributed by atoms with Crippen LogP contribution in [0.25, 0.3) is 0 Å². The van der Waals surface area contributed by atoms with Crippen LogP contribution in [0.5, 0.6) is 0 Å². The van der Waals surface area contributed by atoms with Gasteiger partial charge >= 0.3 is 6.01 Å². The Bertz CT molecular complexity index is 290. The van der Waals surface area contributed by atoms with Gasteiger partial charge in [-0.2, -0.15) is 0 Å². The molecule has 0 aliphatic heterocycles. The van der Waals surface area contributed by atoms with Crippen LogP contribution in [0.4, 0.5) is 6.01 Å². The monoisotopic (exact) mass is 231 g/mol. The highest BCUT2D eigenvalue weighted by molar-refractivity contribution is 6.16. The lowest BCUT2D eigenvalue weighted by Gasteiger charge is -2.15. The van der Waals surface area contributed by atoms with Crippen molar-refractivity contribution in [2.45, 2.75) is 45.5 Å². The van der Waals surface area contributed by atoms with Crippen molar-refractivity contribution in [2.75, 3.05) is 5.32 Å². The molecule has 0 spiro atoms. The standard InChI is InChI=1S/C10H18ClN3O/c1-4-7(2)5-8(3)12-10-14-13-9(6-11)15-10/h7-8H,4-6H2,1-3H3,(H,12,14). The summed E-state index contributed by atoms with van der Waals surface area (Å²) >= 11 is 5.56. The van der Waals surface area contributed by atoms with Crippen LogP contribution in [0, 0.1) is 5.92 Å². The summed E-state index contributed by atoms with van der Waals surface area (Å²) in [6, 6.07) is 0.796. The Morgan fingerprint density at radius 2 is 2.13 bits per heavy atom. The van der Waals surface area contributed by atoms with Crippen LogP contribution < -0.4 is 5.32 Å². The molecule has 5 heteroatoms. The molecular weight excluding hydrogens is 214 g/mol. The molecule has 1 heterocycles. The molecule has 1 aromatic rings. The molecule has 0 fully saturated rings. The van der Waals surface area contributed by atoms with E-state index in [1.807, 2.05) is 0 Å². The summed E-state index contributed by atoms with van der Waals surface area (Å²) in [5.74, 6) is 1.41. The summed E-state index contributed by atoms with van der Waals surface area (Å²) in [5, 5.41) is 10.8. The first kappa shape index (κ1) is 12.3. The first-order valence-corrected chi connectivity index (χ1v) is 5.84. The van der Waals surface area contributed by atoms with Gasteiger partial charge in [0.15, 0.2) is 0 Å². The molecule has 1 rings (SSSR count). The van der Waals surface area contributed by atoms with Gasteiger partial charge in [0.1, 0.15) is 5.88 Å². The lowest BCUT2D eigenvalue weighted by atomic mass is 10.0. The van der Waals surface area contributed by atoms with E-state index in [1.54, 1.807) is 0 Å². The molecule has 2 atom stereocenters. The van der Waals surface area contributed by atoms with E-state index in [0.29, 0.717) is 23.9 Å². The van der Waals surface area contributed by atoms with E-state index in [1.165, 1.54) is 6.42 Å². The van der Waals surface area contributed by atoms with E-state index in [2.05, 4.69) is 36.3 Å². The third kappa shape index (κ3) is 4.08. The van der Waals surface area contributed by atoms with Crippen molar-refractivity contribution in [3.63, 3.8) is 0 Å². The van der Waals surface area contributed by atoms with Crippen molar-refractivity contribution in [1.29, 1.82) is 0 Å². The minimum atomic E-state index is 0.258. The highest BCUT2D eigenvalue weighted by Gasteiger charge is 2.10. The molecule has 0 radical (unpaired) electrons. The van der Waals surface area contributed by atoms with Crippen molar-refractivity contribution >= 4 is 17.6 Å². The van der Waals surface area contributed by atoms with E-state index >= 15 is 0 Å². The molecule has 86 valence electrons. The van der Waals surface area contributed by atoms with Crippen molar-refractivity contribution < 1.29 is 4.42 Å². The quantitative estimate of drug-likeness (QED) is 0.765. The molecule has 15 heavy (non-hydrogen) atoms. The van der Waals surface area contributed by atoms with E-state index in [0.717, 1.165) is 6.42 Å². The molecular formula is C10H18ClN3O. The summed E-state index contributed by atoms with van der Waals surface area (Å²) in [6.07, 6.45) is 2.28. The number of halogens is 1. The third-order valence-corrected chi connectivity index (χ3v) is 2.63. The average molecular weight is 232 g/mol. The molecule has 2 unspecified atom stereocenters. The summed E-state index contributed by atoms with van der Waals surface area (Å²) in [4.78, 5) is 0. The molecule has 0 saturated heterocycles. The smallest absolute Gasteiger partial charge is 0.315 e. The second-order valence-corrected chi connectivity index (χ2v) is 4.20. The zero-order chi connectivity index (χ0) is 11.3. The highest BCUT2D eigenvalue weighted by atomic mass is 35.5. The van der Waals surface area contributed by atoms with Gasteiger partial charge in [0, 0.05) is 6.04 Å². The lowest BCUT2D eigenvalue weighted by molar-refractivity contribution is 0.466. The largest absolute Gasteiger partial charge is 0.407 e. The topological polar surface area (TPSA) is 51.0 Å². The van der Waals surface area contributed by atoms with Crippen molar-refractivity contribution in [3.05, 3.63) is 5.89 Å². The fraction of sp³-hybridized carbons (Fsp3) is 0.800. The van der Waals surface area contributed by atoms with Gasteiger partial charge in [-0.3, -0.25) is 0 Å².